The summed E-state index contributed by atoms with van der Waals surface area (Å²) in [5.74, 6) is -0.00531. The summed E-state index contributed by atoms with van der Waals surface area (Å²) in [6, 6.07) is 11.2. The van der Waals surface area contributed by atoms with Crippen LogP contribution in [-0.2, 0) is 11.2 Å². The van der Waals surface area contributed by atoms with Crippen molar-refractivity contribution in [1.29, 1.82) is 0 Å². The number of piperidine rings is 1. The standard InChI is InChI=1S/C22H28N4O2/c27-22(21-16-23-10-11-24-21)25-12-8-19(9-13-25)26-14-15-28-20(17-26)7-6-18-4-2-1-3-5-18/h1-5,10-11,16,19-20H,6-9,12-15,17H2/t20-/m0/s1. The van der Waals surface area contributed by atoms with E-state index in [0.29, 0.717) is 17.8 Å². The molecule has 0 saturated carbocycles. The van der Waals surface area contributed by atoms with E-state index in [9.17, 15) is 4.79 Å². The zero-order chi connectivity index (χ0) is 19.2. The van der Waals surface area contributed by atoms with Gasteiger partial charge in [-0.1, -0.05) is 30.3 Å². The summed E-state index contributed by atoms with van der Waals surface area (Å²) in [6.45, 7) is 4.36. The van der Waals surface area contributed by atoms with Gasteiger partial charge >= 0.3 is 0 Å². The lowest BCUT2D eigenvalue weighted by molar-refractivity contribution is -0.0535. The van der Waals surface area contributed by atoms with Crippen LogP contribution in [0.5, 0.6) is 0 Å². The number of hydrogen-bond acceptors (Lipinski definition) is 5. The smallest absolute Gasteiger partial charge is 0.274 e. The highest BCUT2D eigenvalue weighted by atomic mass is 16.5. The Bertz CT molecular complexity index is 748. The van der Waals surface area contributed by atoms with Crippen molar-refractivity contribution in [2.75, 3.05) is 32.8 Å². The van der Waals surface area contributed by atoms with Crippen molar-refractivity contribution in [1.82, 2.24) is 19.8 Å². The van der Waals surface area contributed by atoms with E-state index in [0.717, 1.165) is 58.5 Å². The minimum Gasteiger partial charge on any atom is -0.376 e. The van der Waals surface area contributed by atoms with Gasteiger partial charge in [-0.05, 0) is 31.2 Å². The fraction of sp³-hybridized carbons (Fsp3) is 0.500. The van der Waals surface area contributed by atoms with E-state index in [1.807, 2.05) is 4.90 Å². The lowest BCUT2D eigenvalue weighted by atomic mass is 10.00. The molecular formula is C22H28N4O2. The average Bonchev–Trinajstić information content (AvgIpc) is 2.79. The third kappa shape index (κ3) is 4.75. The molecule has 2 saturated heterocycles. The van der Waals surface area contributed by atoms with Gasteiger partial charge in [-0.2, -0.15) is 0 Å². The summed E-state index contributed by atoms with van der Waals surface area (Å²) in [5.41, 5.74) is 1.81. The second-order valence-corrected chi connectivity index (χ2v) is 7.63. The van der Waals surface area contributed by atoms with Gasteiger partial charge in [0.25, 0.3) is 5.91 Å². The van der Waals surface area contributed by atoms with Crippen LogP contribution in [0.4, 0.5) is 0 Å². The highest BCUT2D eigenvalue weighted by molar-refractivity contribution is 5.92. The van der Waals surface area contributed by atoms with Gasteiger partial charge < -0.3 is 9.64 Å². The van der Waals surface area contributed by atoms with Crippen molar-refractivity contribution >= 4 is 5.91 Å². The Balaban J connectivity index is 1.25. The number of carbonyl (C=O) groups is 1. The minimum atomic E-state index is -0.00531. The van der Waals surface area contributed by atoms with Crippen LogP contribution < -0.4 is 0 Å². The number of benzene rings is 1. The molecule has 0 unspecified atom stereocenters. The number of hydrogen-bond donors (Lipinski definition) is 0. The molecule has 0 bridgehead atoms. The number of rotatable bonds is 5. The number of likely N-dealkylation sites (tertiary alicyclic amines) is 1. The summed E-state index contributed by atoms with van der Waals surface area (Å²) in [7, 11) is 0. The predicted molar refractivity (Wildman–Crippen MR) is 107 cm³/mol. The summed E-state index contributed by atoms with van der Waals surface area (Å²) in [6.07, 6.45) is 9.16. The molecule has 6 nitrogen and oxygen atoms in total. The molecular weight excluding hydrogens is 352 g/mol. The van der Waals surface area contributed by atoms with Gasteiger partial charge in [0.05, 0.1) is 18.9 Å². The summed E-state index contributed by atoms with van der Waals surface area (Å²) in [5, 5.41) is 0. The van der Waals surface area contributed by atoms with Gasteiger partial charge in [-0.15, -0.1) is 0 Å². The maximum atomic E-state index is 12.5. The van der Waals surface area contributed by atoms with Crippen LogP contribution in [0.1, 0.15) is 35.3 Å². The molecule has 0 N–H and O–H groups in total. The fourth-order valence-electron chi connectivity index (χ4n) is 4.23. The SMILES string of the molecule is O=C(c1cnccn1)N1CCC(N2CCO[C@@H](CCc3ccccc3)C2)CC1. The molecule has 0 spiro atoms. The number of ether oxygens (including phenoxy) is 1. The molecule has 2 aliphatic rings. The molecule has 1 aromatic carbocycles. The molecule has 4 rings (SSSR count). The van der Waals surface area contributed by atoms with Gasteiger partial charge in [0, 0.05) is 44.6 Å². The van der Waals surface area contributed by atoms with Crippen LogP contribution in [0.3, 0.4) is 0 Å². The molecule has 148 valence electrons. The molecule has 2 aromatic rings. The van der Waals surface area contributed by atoms with E-state index in [1.165, 1.54) is 5.56 Å². The van der Waals surface area contributed by atoms with Gasteiger partial charge in [-0.25, -0.2) is 4.98 Å². The van der Waals surface area contributed by atoms with Crippen LogP contribution in [0.15, 0.2) is 48.9 Å². The van der Waals surface area contributed by atoms with Crippen LogP contribution in [-0.4, -0.2) is 70.6 Å². The highest BCUT2D eigenvalue weighted by Gasteiger charge is 2.31. The largest absolute Gasteiger partial charge is 0.376 e. The molecule has 3 heterocycles. The number of aryl methyl sites for hydroxylation is 1. The maximum absolute atomic E-state index is 12.5. The molecule has 1 aromatic heterocycles. The molecule has 6 heteroatoms. The van der Waals surface area contributed by atoms with E-state index in [1.54, 1.807) is 18.6 Å². The normalized spacial score (nSPS) is 21.6. The van der Waals surface area contributed by atoms with Crippen molar-refractivity contribution in [2.24, 2.45) is 0 Å². The Labute approximate surface area is 166 Å². The zero-order valence-electron chi connectivity index (χ0n) is 16.2. The summed E-state index contributed by atoms with van der Waals surface area (Å²) in [4.78, 5) is 25.2. The second kappa shape index (κ2) is 9.26. The van der Waals surface area contributed by atoms with Crippen LogP contribution in [0.25, 0.3) is 0 Å². The molecule has 2 fully saturated rings. The molecule has 28 heavy (non-hydrogen) atoms. The second-order valence-electron chi connectivity index (χ2n) is 7.63. The molecule has 0 aliphatic carbocycles. The first-order chi connectivity index (χ1) is 13.8. The number of aromatic nitrogens is 2. The lowest BCUT2D eigenvalue weighted by Gasteiger charge is -2.42. The number of carbonyl (C=O) groups excluding carboxylic acids is 1. The zero-order valence-corrected chi connectivity index (χ0v) is 16.2. The summed E-state index contributed by atoms with van der Waals surface area (Å²) < 4.78 is 6.02. The quantitative estimate of drug-likeness (QED) is 0.797. The van der Waals surface area contributed by atoms with Gasteiger partial charge in [-0.3, -0.25) is 14.7 Å². The lowest BCUT2D eigenvalue weighted by Crippen LogP contribution is -2.52. The fourth-order valence-corrected chi connectivity index (χ4v) is 4.23. The van der Waals surface area contributed by atoms with E-state index in [-0.39, 0.29) is 5.91 Å². The van der Waals surface area contributed by atoms with Crippen LogP contribution in [0.2, 0.25) is 0 Å². The molecule has 2 aliphatic heterocycles. The molecule has 0 radical (unpaired) electrons. The van der Waals surface area contributed by atoms with Gasteiger partial charge in [0.2, 0.25) is 0 Å². The number of nitrogens with zero attached hydrogens (tertiary/aromatic N) is 4. The Morgan fingerprint density at radius 1 is 1.11 bits per heavy atom. The average molecular weight is 380 g/mol. The van der Waals surface area contributed by atoms with Crippen molar-refractivity contribution in [3.05, 3.63) is 60.2 Å². The number of morpholine rings is 1. The monoisotopic (exact) mass is 380 g/mol. The van der Waals surface area contributed by atoms with E-state index < -0.39 is 0 Å². The third-order valence-corrected chi connectivity index (χ3v) is 5.82. The highest BCUT2D eigenvalue weighted by Crippen LogP contribution is 2.22. The Hall–Kier alpha value is -2.31. The first-order valence-corrected chi connectivity index (χ1v) is 10.2. The van der Waals surface area contributed by atoms with Crippen molar-refractivity contribution in [3.63, 3.8) is 0 Å². The van der Waals surface area contributed by atoms with E-state index in [4.69, 9.17) is 4.74 Å². The maximum Gasteiger partial charge on any atom is 0.274 e. The van der Waals surface area contributed by atoms with Crippen LogP contribution in [0, 0.1) is 0 Å². The van der Waals surface area contributed by atoms with E-state index >= 15 is 0 Å². The predicted octanol–water partition coefficient (Wildman–Crippen LogP) is 2.41. The van der Waals surface area contributed by atoms with Crippen molar-refractivity contribution < 1.29 is 9.53 Å². The van der Waals surface area contributed by atoms with Crippen molar-refractivity contribution in [3.8, 4) is 0 Å². The third-order valence-electron chi connectivity index (χ3n) is 5.82. The minimum absolute atomic E-state index is 0.00531. The first-order valence-electron chi connectivity index (χ1n) is 10.2. The van der Waals surface area contributed by atoms with E-state index in [2.05, 4.69) is 45.2 Å². The topological polar surface area (TPSA) is 58.6 Å². The molecule has 1 atom stereocenters. The van der Waals surface area contributed by atoms with Crippen LogP contribution >= 0.6 is 0 Å². The molecule has 1 amide bonds. The van der Waals surface area contributed by atoms with Gasteiger partial charge in [0.15, 0.2) is 0 Å². The Morgan fingerprint density at radius 2 is 1.93 bits per heavy atom. The van der Waals surface area contributed by atoms with Crippen molar-refractivity contribution in [2.45, 2.75) is 37.8 Å². The number of amides is 1. The summed E-state index contributed by atoms with van der Waals surface area (Å²) >= 11 is 0. The van der Waals surface area contributed by atoms with Gasteiger partial charge in [0.1, 0.15) is 5.69 Å². The Morgan fingerprint density at radius 3 is 2.68 bits per heavy atom. The first kappa shape index (κ1) is 19.0. The Kier molecular flexibility index (Phi) is 6.29.